The van der Waals surface area contributed by atoms with Gasteiger partial charge >= 0.3 is 0 Å². The van der Waals surface area contributed by atoms with E-state index in [0.717, 1.165) is 17.6 Å². The number of hydrogen-bond donors (Lipinski definition) is 0. The van der Waals surface area contributed by atoms with Crippen LogP contribution in [0.3, 0.4) is 0 Å². The van der Waals surface area contributed by atoms with E-state index in [1.807, 2.05) is 56.3 Å². The first-order valence-corrected chi connectivity index (χ1v) is 7.26. The zero-order chi connectivity index (χ0) is 15.5. The molecular weight excluding hydrogens is 258 g/mol. The maximum Gasteiger partial charge on any atom is 0.158 e. The number of rotatable bonds is 4. The second-order valence-electron chi connectivity index (χ2n) is 4.29. The van der Waals surface area contributed by atoms with E-state index in [4.69, 9.17) is 4.84 Å². The first-order chi connectivity index (χ1) is 10.3. The predicted molar refractivity (Wildman–Crippen MR) is 92.0 cm³/mol. The molecule has 0 unspecified atom stereocenters. The third kappa shape index (κ3) is 5.65. The molecule has 2 rings (SSSR count). The van der Waals surface area contributed by atoms with Crippen molar-refractivity contribution in [2.75, 3.05) is 0 Å². The van der Waals surface area contributed by atoms with Gasteiger partial charge in [0.25, 0.3) is 0 Å². The Kier molecular flexibility index (Phi) is 7.59. The Morgan fingerprint density at radius 3 is 2.67 bits per heavy atom. The van der Waals surface area contributed by atoms with E-state index in [0.29, 0.717) is 5.76 Å². The minimum atomic E-state index is 0.545. The van der Waals surface area contributed by atoms with Crippen LogP contribution in [0.15, 0.2) is 77.5 Å². The van der Waals surface area contributed by atoms with Crippen LogP contribution < -0.4 is 0 Å². The predicted octanol–water partition coefficient (Wildman–Crippen LogP) is 5.52. The molecule has 0 aliphatic heterocycles. The summed E-state index contributed by atoms with van der Waals surface area (Å²) in [6, 6.07) is 9.72. The van der Waals surface area contributed by atoms with E-state index >= 15 is 0 Å². The monoisotopic (exact) mass is 281 g/mol. The van der Waals surface area contributed by atoms with Crippen LogP contribution in [0.1, 0.15) is 32.8 Å². The van der Waals surface area contributed by atoms with E-state index in [1.54, 1.807) is 6.21 Å². The standard InChI is InChI=1S/C17H17NO.C2H6/c1-14-9-5-3-8-12-17(14)13-18-19-15(2)16-10-6-4-7-11-16;1-2/h3-4,6-13H,2,5H2,1H3;1-2H3/b18-13+;. The van der Waals surface area contributed by atoms with Crippen LogP contribution in [-0.2, 0) is 4.84 Å². The average Bonchev–Trinajstić information content (AvgIpc) is 2.75. The molecule has 21 heavy (non-hydrogen) atoms. The number of oxime groups is 1. The largest absolute Gasteiger partial charge is 0.357 e. The van der Waals surface area contributed by atoms with Crippen LogP contribution in [0.4, 0.5) is 0 Å². The smallest absolute Gasteiger partial charge is 0.158 e. The van der Waals surface area contributed by atoms with Crippen LogP contribution >= 0.6 is 0 Å². The highest BCUT2D eigenvalue weighted by atomic mass is 16.6. The van der Waals surface area contributed by atoms with Gasteiger partial charge in [-0.05, 0) is 24.5 Å². The van der Waals surface area contributed by atoms with Crippen LogP contribution in [0.5, 0.6) is 0 Å². The number of allylic oxidation sites excluding steroid dienone is 6. The fraction of sp³-hybridized carbons (Fsp3) is 0.211. The summed E-state index contributed by atoms with van der Waals surface area (Å²) in [5.41, 5.74) is 3.18. The molecule has 110 valence electrons. The molecule has 2 nitrogen and oxygen atoms in total. The Hall–Kier alpha value is -2.35. The van der Waals surface area contributed by atoms with Crippen molar-refractivity contribution < 1.29 is 4.84 Å². The van der Waals surface area contributed by atoms with Crippen molar-refractivity contribution in [3.8, 4) is 0 Å². The van der Waals surface area contributed by atoms with E-state index in [1.165, 1.54) is 5.57 Å². The topological polar surface area (TPSA) is 21.6 Å². The third-order valence-electron chi connectivity index (χ3n) is 2.88. The second-order valence-corrected chi connectivity index (χ2v) is 4.29. The fourth-order valence-corrected chi connectivity index (χ4v) is 1.71. The molecule has 0 bridgehead atoms. The quantitative estimate of drug-likeness (QED) is 0.404. The summed E-state index contributed by atoms with van der Waals surface area (Å²) in [6.07, 6.45) is 11.0. The van der Waals surface area contributed by atoms with E-state index in [2.05, 4.69) is 30.8 Å². The minimum absolute atomic E-state index is 0.545. The zero-order valence-electron chi connectivity index (χ0n) is 13.0. The van der Waals surface area contributed by atoms with Crippen LogP contribution in [0.25, 0.3) is 5.76 Å². The Balaban J connectivity index is 0.00000106. The van der Waals surface area contributed by atoms with Gasteiger partial charge in [-0.3, -0.25) is 0 Å². The van der Waals surface area contributed by atoms with E-state index in [9.17, 15) is 0 Å². The summed E-state index contributed by atoms with van der Waals surface area (Å²) in [5, 5.41) is 4.00. The summed E-state index contributed by atoms with van der Waals surface area (Å²) in [5.74, 6) is 0.545. The molecule has 2 heteroatoms. The van der Waals surface area contributed by atoms with Crippen molar-refractivity contribution in [2.24, 2.45) is 5.16 Å². The molecule has 0 N–H and O–H groups in total. The molecule has 0 spiro atoms. The summed E-state index contributed by atoms with van der Waals surface area (Å²) < 4.78 is 0. The van der Waals surface area contributed by atoms with Crippen LogP contribution in [-0.4, -0.2) is 6.21 Å². The summed E-state index contributed by atoms with van der Waals surface area (Å²) in [6.45, 7) is 9.93. The molecule has 0 radical (unpaired) electrons. The van der Waals surface area contributed by atoms with Gasteiger partial charge < -0.3 is 4.84 Å². The number of nitrogens with zero attached hydrogens (tertiary/aromatic N) is 1. The minimum Gasteiger partial charge on any atom is -0.357 e. The number of hydrogen-bond acceptors (Lipinski definition) is 2. The van der Waals surface area contributed by atoms with Crippen molar-refractivity contribution in [3.05, 3.63) is 77.9 Å². The molecule has 1 aliphatic carbocycles. The first kappa shape index (κ1) is 16.7. The lowest BCUT2D eigenvalue weighted by molar-refractivity contribution is 0.301. The van der Waals surface area contributed by atoms with Gasteiger partial charge in [0.1, 0.15) is 0 Å². The van der Waals surface area contributed by atoms with E-state index in [-0.39, 0.29) is 0 Å². The normalized spacial score (nSPS) is 13.7. The van der Waals surface area contributed by atoms with Crippen molar-refractivity contribution >= 4 is 12.0 Å². The molecule has 0 atom stereocenters. The highest BCUT2D eigenvalue weighted by Crippen LogP contribution is 2.15. The summed E-state index contributed by atoms with van der Waals surface area (Å²) >= 11 is 0. The Morgan fingerprint density at radius 2 is 1.95 bits per heavy atom. The van der Waals surface area contributed by atoms with Gasteiger partial charge in [-0.1, -0.05) is 80.2 Å². The Labute approximate surface area is 127 Å². The Morgan fingerprint density at radius 1 is 1.24 bits per heavy atom. The number of benzene rings is 1. The van der Waals surface area contributed by atoms with Crippen molar-refractivity contribution in [1.29, 1.82) is 0 Å². The van der Waals surface area contributed by atoms with Gasteiger partial charge in [0, 0.05) is 5.56 Å². The molecule has 0 fully saturated rings. The zero-order valence-corrected chi connectivity index (χ0v) is 13.0. The SMILES string of the molecule is C=C(O/N=C/C1=CC=CCC=C1C)c1ccccc1.CC. The fourth-order valence-electron chi connectivity index (χ4n) is 1.71. The molecule has 0 saturated carbocycles. The maximum atomic E-state index is 5.30. The average molecular weight is 281 g/mol. The lowest BCUT2D eigenvalue weighted by atomic mass is 10.1. The van der Waals surface area contributed by atoms with Gasteiger partial charge in [0.2, 0.25) is 0 Å². The molecule has 1 aromatic rings. The molecular formula is C19H23NO. The van der Waals surface area contributed by atoms with Gasteiger partial charge in [0.05, 0.1) is 6.21 Å². The van der Waals surface area contributed by atoms with Gasteiger partial charge in [-0.2, -0.15) is 0 Å². The van der Waals surface area contributed by atoms with Crippen LogP contribution in [0.2, 0.25) is 0 Å². The second kappa shape index (κ2) is 9.54. The molecule has 0 saturated heterocycles. The molecule has 0 amide bonds. The van der Waals surface area contributed by atoms with Crippen molar-refractivity contribution in [2.45, 2.75) is 27.2 Å². The molecule has 0 heterocycles. The molecule has 1 aromatic carbocycles. The molecule has 1 aliphatic rings. The highest BCUT2D eigenvalue weighted by Gasteiger charge is 2.00. The molecule has 0 aromatic heterocycles. The third-order valence-corrected chi connectivity index (χ3v) is 2.88. The summed E-state index contributed by atoms with van der Waals surface area (Å²) in [7, 11) is 0. The van der Waals surface area contributed by atoms with Crippen molar-refractivity contribution in [1.82, 2.24) is 0 Å². The van der Waals surface area contributed by atoms with Crippen LogP contribution in [0, 0.1) is 0 Å². The van der Waals surface area contributed by atoms with Crippen molar-refractivity contribution in [3.63, 3.8) is 0 Å². The van der Waals surface area contributed by atoms with E-state index < -0.39 is 0 Å². The van der Waals surface area contributed by atoms with Gasteiger partial charge in [-0.15, -0.1) is 0 Å². The Bertz CT molecular complexity index is 562. The first-order valence-electron chi connectivity index (χ1n) is 7.26. The highest BCUT2D eigenvalue weighted by molar-refractivity contribution is 5.84. The lowest BCUT2D eigenvalue weighted by Crippen LogP contribution is -1.89. The maximum absolute atomic E-state index is 5.30. The summed E-state index contributed by atoms with van der Waals surface area (Å²) in [4.78, 5) is 5.30. The van der Waals surface area contributed by atoms with Gasteiger partial charge in [0.15, 0.2) is 5.76 Å². The van der Waals surface area contributed by atoms with Gasteiger partial charge in [-0.25, -0.2) is 0 Å². The lowest BCUT2D eigenvalue weighted by Gasteiger charge is -2.03.